The molecule has 0 spiro atoms. The molecule has 2 N–H and O–H groups in total. The van der Waals surface area contributed by atoms with E-state index in [2.05, 4.69) is 23.5 Å². The first-order valence-corrected chi connectivity index (χ1v) is 6.74. The van der Waals surface area contributed by atoms with E-state index < -0.39 is 0 Å². The van der Waals surface area contributed by atoms with Crippen molar-refractivity contribution in [3.05, 3.63) is 29.8 Å². The molecule has 100 valence electrons. The van der Waals surface area contributed by atoms with Gasteiger partial charge in [0.05, 0.1) is 13.2 Å². The largest absolute Gasteiger partial charge is 0.497 e. The molecular formula is C15H23NO2. The molecule has 0 radical (unpaired) electrons. The third-order valence-electron chi connectivity index (χ3n) is 3.70. The van der Waals surface area contributed by atoms with E-state index in [1.807, 2.05) is 13.0 Å². The second kappa shape index (κ2) is 6.21. The minimum atomic E-state index is -0.202. The van der Waals surface area contributed by atoms with Crippen molar-refractivity contribution in [1.82, 2.24) is 5.32 Å². The van der Waals surface area contributed by atoms with Crippen molar-refractivity contribution in [2.45, 2.75) is 44.2 Å². The lowest BCUT2D eigenvalue weighted by Gasteiger charge is -2.36. The molecule has 1 aliphatic rings. The summed E-state index contributed by atoms with van der Waals surface area (Å²) >= 11 is 0. The Kier molecular flexibility index (Phi) is 4.61. The van der Waals surface area contributed by atoms with Crippen LogP contribution in [-0.2, 0) is 0 Å². The lowest BCUT2D eigenvalue weighted by atomic mass is 9.76. The Morgan fingerprint density at radius 3 is 2.89 bits per heavy atom. The topological polar surface area (TPSA) is 41.5 Å². The Labute approximate surface area is 109 Å². The van der Waals surface area contributed by atoms with Crippen LogP contribution in [0.15, 0.2) is 24.3 Å². The van der Waals surface area contributed by atoms with Crippen molar-refractivity contribution in [3.63, 3.8) is 0 Å². The molecule has 1 aliphatic carbocycles. The van der Waals surface area contributed by atoms with Crippen molar-refractivity contribution < 1.29 is 9.84 Å². The van der Waals surface area contributed by atoms with Crippen LogP contribution >= 0.6 is 0 Å². The predicted octanol–water partition coefficient (Wildman–Crippen LogP) is 2.30. The highest BCUT2D eigenvalue weighted by molar-refractivity contribution is 5.32. The first-order chi connectivity index (χ1) is 8.69. The van der Waals surface area contributed by atoms with Crippen LogP contribution < -0.4 is 10.1 Å². The van der Waals surface area contributed by atoms with Crippen LogP contribution in [0, 0.1) is 0 Å². The standard InChI is InChI=1S/C15H23NO2/c1-11(17)6-7-16-14-8-13(9-14)12-4-3-5-15(10-12)18-2/h3-5,10-11,13-14,16-17H,6-9H2,1-2H3. The molecule has 1 saturated carbocycles. The third-order valence-corrected chi connectivity index (χ3v) is 3.70. The zero-order valence-corrected chi connectivity index (χ0v) is 11.2. The van der Waals surface area contributed by atoms with Gasteiger partial charge in [-0.05, 0) is 56.3 Å². The van der Waals surface area contributed by atoms with Crippen LogP contribution in [0.3, 0.4) is 0 Å². The Bertz CT molecular complexity index is 373. The van der Waals surface area contributed by atoms with Gasteiger partial charge in [0, 0.05) is 6.04 Å². The molecule has 2 rings (SSSR count). The predicted molar refractivity (Wildman–Crippen MR) is 73.1 cm³/mol. The number of nitrogens with one attached hydrogen (secondary N) is 1. The zero-order valence-electron chi connectivity index (χ0n) is 11.2. The fraction of sp³-hybridized carbons (Fsp3) is 0.600. The molecule has 0 heterocycles. The van der Waals surface area contributed by atoms with Gasteiger partial charge in [-0.15, -0.1) is 0 Å². The molecule has 0 amide bonds. The highest BCUT2D eigenvalue weighted by Gasteiger charge is 2.29. The van der Waals surface area contributed by atoms with Crippen LogP contribution in [0.5, 0.6) is 5.75 Å². The molecule has 1 fully saturated rings. The molecule has 0 bridgehead atoms. The van der Waals surface area contributed by atoms with E-state index in [-0.39, 0.29) is 6.10 Å². The summed E-state index contributed by atoms with van der Waals surface area (Å²) in [6.07, 6.45) is 3.01. The molecule has 1 atom stereocenters. The number of methoxy groups -OCH3 is 1. The normalized spacial score (nSPS) is 24.4. The van der Waals surface area contributed by atoms with Gasteiger partial charge >= 0.3 is 0 Å². The summed E-state index contributed by atoms with van der Waals surface area (Å²) in [4.78, 5) is 0. The maximum atomic E-state index is 9.19. The first-order valence-electron chi connectivity index (χ1n) is 6.74. The van der Waals surface area contributed by atoms with E-state index in [0.717, 1.165) is 18.7 Å². The Morgan fingerprint density at radius 1 is 1.44 bits per heavy atom. The van der Waals surface area contributed by atoms with Crippen molar-refractivity contribution >= 4 is 0 Å². The van der Waals surface area contributed by atoms with Crippen LogP contribution in [-0.4, -0.2) is 30.9 Å². The SMILES string of the molecule is COc1cccc(C2CC(NCCC(C)O)C2)c1. The Balaban J connectivity index is 1.74. The van der Waals surface area contributed by atoms with Crippen LogP contribution in [0.25, 0.3) is 0 Å². The van der Waals surface area contributed by atoms with Crippen molar-refractivity contribution in [2.24, 2.45) is 0 Å². The van der Waals surface area contributed by atoms with Crippen LogP contribution in [0.4, 0.5) is 0 Å². The number of benzene rings is 1. The molecule has 3 nitrogen and oxygen atoms in total. The van der Waals surface area contributed by atoms with E-state index in [1.54, 1.807) is 7.11 Å². The summed E-state index contributed by atoms with van der Waals surface area (Å²) in [7, 11) is 1.71. The maximum Gasteiger partial charge on any atom is 0.119 e. The molecule has 1 aromatic carbocycles. The summed E-state index contributed by atoms with van der Waals surface area (Å²) < 4.78 is 5.25. The van der Waals surface area contributed by atoms with E-state index in [1.165, 1.54) is 18.4 Å². The van der Waals surface area contributed by atoms with Crippen molar-refractivity contribution in [2.75, 3.05) is 13.7 Å². The second-order valence-electron chi connectivity index (χ2n) is 5.23. The average molecular weight is 249 g/mol. The molecule has 0 aliphatic heterocycles. The molecule has 0 saturated heterocycles. The lowest BCUT2D eigenvalue weighted by Crippen LogP contribution is -2.41. The lowest BCUT2D eigenvalue weighted by molar-refractivity contribution is 0.177. The third kappa shape index (κ3) is 3.47. The summed E-state index contributed by atoms with van der Waals surface area (Å²) in [6, 6.07) is 8.97. The van der Waals surface area contributed by atoms with Crippen LogP contribution in [0.2, 0.25) is 0 Å². The Morgan fingerprint density at radius 2 is 2.22 bits per heavy atom. The summed E-state index contributed by atoms with van der Waals surface area (Å²) in [5.41, 5.74) is 1.38. The van der Waals surface area contributed by atoms with Gasteiger partial charge in [0.25, 0.3) is 0 Å². The van der Waals surface area contributed by atoms with Gasteiger partial charge in [-0.1, -0.05) is 12.1 Å². The quantitative estimate of drug-likeness (QED) is 0.813. The second-order valence-corrected chi connectivity index (χ2v) is 5.23. The van der Waals surface area contributed by atoms with Gasteiger partial charge in [-0.2, -0.15) is 0 Å². The van der Waals surface area contributed by atoms with Gasteiger partial charge in [0.1, 0.15) is 5.75 Å². The summed E-state index contributed by atoms with van der Waals surface area (Å²) in [5, 5.41) is 12.7. The summed E-state index contributed by atoms with van der Waals surface area (Å²) in [5.74, 6) is 1.60. The van der Waals surface area contributed by atoms with Crippen LogP contribution in [0.1, 0.15) is 37.7 Å². The van der Waals surface area contributed by atoms with Crippen molar-refractivity contribution in [1.29, 1.82) is 0 Å². The Hall–Kier alpha value is -1.06. The molecule has 0 aromatic heterocycles. The molecule has 1 unspecified atom stereocenters. The maximum absolute atomic E-state index is 9.19. The number of hydrogen-bond donors (Lipinski definition) is 2. The van der Waals surface area contributed by atoms with Gasteiger partial charge < -0.3 is 15.2 Å². The van der Waals surface area contributed by atoms with E-state index >= 15 is 0 Å². The molecule has 1 aromatic rings. The zero-order chi connectivity index (χ0) is 13.0. The number of aliphatic hydroxyl groups excluding tert-OH is 1. The monoisotopic (exact) mass is 249 g/mol. The van der Waals surface area contributed by atoms with E-state index in [9.17, 15) is 5.11 Å². The molecular weight excluding hydrogens is 226 g/mol. The minimum absolute atomic E-state index is 0.202. The average Bonchev–Trinajstić information content (AvgIpc) is 2.31. The summed E-state index contributed by atoms with van der Waals surface area (Å²) in [6.45, 7) is 2.74. The highest BCUT2D eigenvalue weighted by atomic mass is 16.5. The molecule has 3 heteroatoms. The van der Waals surface area contributed by atoms with Gasteiger partial charge in [0.15, 0.2) is 0 Å². The minimum Gasteiger partial charge on any atom is -0.497 e. The highest BCUT2D eigenvalue weighted by Crippen LogP contribution is 2.37. The van der Waals surface area contributed by atoms with E-state index in [4.69, 9.17) is 4.74 Å². The molecule has 18 heavy (non-hydrogen) atoms. The number of hydrogen-bond acceptors (Lipinski definition) is 3. The van der Waals surface area contributed by atoms with Gasteiger partial charge in [0.2, 0.25) is 0 Å². The van der Waals surface area contributed by atoms with Gasteiger partial charge in [-0.25, -0.2) is 0 Å². The first kappa shape index (κ1) is 13.4. The fourth-order valence-corrected chi connectivity index (χ4v) is 2.45. The number of rotatable bonds is 6. The number of ether oxygens (including phenoxy) is 1. The smallest absolute Gasteiger partial charge is 0.119 e. The fourth-order valence-electron chi connectivity index (χ4n) is 2.45. The number of aliphatic hydroxyl groups is 1. The van der Waals surface area contributed by atoms with E-state index in [0.29, 0.717) is 12.0 Å². The van der Waals surface area contributed by atoms with Crippen molar-refractivity contribution in [3.8, 4) is 5.75 Å². The van der Waals surface area contributed by atoms with Gasteiger partial charge in [-0.3, -0.25) is 0 Å².